The molecule has 0 saturated carbocycles. The maximum Gasteiger partial charge on any atom is 0.306 e. The summed E-state index contributed by atoms with van der Waals surface area (Å²) in [6, 6.07) is 0. The van der Waals surface area contributed by atoms with Crippen LogP contribution in [0.5, 0.6) is 0 Å². The molecule has 9 nitrogen and oxygen atoms in total. The molecule has 1 atom stereocenters. The van der Waals surface area contributed by atoms with Crippen LogP contribution in [0.4, 0.5) is 0 Å². The van der Waals surface area contributed by atoms with Crippen LogP contribution in [0.25, 0.3) is 0 Å². The summed E-state index contributed by atoms with van der Waals surface area (Å²) in [6.45, 7) is 14.8. The molecule has 0 saturated heterocycles. The van der Waals surface area contributed by atoms with E-state index in [1.165, 1.54) is 64.2 Å². The minimum absolute atomic E-state index is 0.104. The van der Waals surface area contributed by atoms with Crippen LogP contribution in [0.15, 0.2) is 0 Å². The highest BCUT2D eigenvalue weighted by molar-refractivity contribution is 5.70. The predicted octanol–water partition coefficient (Wildman–Crippen LogP) is 13.0. The first kappa shape index (κ1) is 55.8. The maximum absolute atomic E-state index is 12.8. The Morgan fingerprint density at radius 1 is 0.397 bits per heavy atom. The Balaban J connectivity index is 4.80. The van der Waals surface area contributed by atoms with Gasteiger partial charge in [0.25, 0.3) is 0 Å². The predicted molar refractivity (Wildman–Crippen MR) is 239 cm³/mol. The van der Waals surface area contributed by atoms with Crippen LogP contribution in [0.2, 0.25) is 0 Å². The van der Waals surface area contributed by atoms with Gasteiger partial charge < -0.3 is 23.8 Å². The van der Waals surface area contributed by atoms with Crippen LogP contribution in [0.1, 0.15) is 240 Å². The second-order valence-corrected chi connectivity index (χ2v) is 16.7. The zero-order valence-corrected chi connectivity index (χ0v) is 38.7. The quantitative estimate of drug-likeness (QED) is 0.0337. The molecule has 1 unspecified atom stereocenters. The average molecular weight is 824 g/mol. The van der Waals surface area contributed by atoms with E-state index in [-0.39, 0.29) is 62.1 Å². The normalized spacial score (nSPS) is 11.9. The van der Waals surface area contributed by atoms with Gasteiger partial charge in [0.1, 0.15) is 6.10 Å². The Morgan fingerprint density at radius 2 is 0.776 bits per heavy atom. The van der Waals surface area contributed by atoms with E-state index in [1.807, 2.05) is 0 Å². The molecular weight excluding hydrogens is 731 g/mol. The summed E-state index contributed by atoms with van der Waals surface area (Å²) in [4.78, 5) is 52.8. The molecule has 58 heavy (non-hydrogen) atoms. The lowest BCUT2D eigenvalue weighted by Crippen LogP contribution is -2.24. The summed E-state index contributed by atoms with van der Waals surface area (Å²) in [6.07, 6.45) is 30.9. The molecule has 0 amide bonds. The Kier molecular flexibility index (Phi) is 41.3. The van der Waals surface area contributed by atoms with E-state index in [9.17, 15) is 19.2 Å². The molecule has 0 aromatic heterocycles. The van der Waals surface area contributed by atoms with E-state index in [0.29, 0.717) is 38.5 Å². The Hall–Kier alpha value is -2.16. The highest BCUT2D eigenvalue weighted by Gasteiger charge is 2.18. The number of hydrogen-bond acceptors (Lipinski definition) is 9. The fourth-order valence-corrected chi connectivity index (χ4v) is 7.29. The Morgan fingerprint density at radius 3 is 1.26 bits per heavy atom. The molecule has 0 aromatic rings. The number of ether oxygens (including phenoxy) is 4. The van der Waals surface area contributed by atoms with Gasteiger partial charge in [-0.2, -0.15) is 0 Å². The fraction of sp³-hybridized carbons (Fsp3) is 0.918. The molecule has 0 fully saturated rings. The third-order valence-corrected chi connectivity index (χ3v) is 11.3. The van der Waals surface area contributed by atoms with Gasteiger partial charge in [-0.25, -0.2) is 0 Å². The maximum atomic E-state index is 12.8. The number of esters is 4. The molecule has 0 rings (SSSR count). The van der Waals surface area contributed by atoms with Crippen LogP contribution in [0, 0.1) is 5.92 Å². The molecule has 0 aromatic carbocycles. The summed E-state index contributed by atoms with van der Waals surface area (Å²) in [7, 11) is 0. The highest BCUT2D eigenvalue weighted by atomic mass is 16.6. The summed E-state index contributed by atoms with van der Waals surface area (Å²) in [5, 5.41) is 0. The minimum atomic E-state index is -0.252. The molecule has 0 aliphatic carbocycles. The van der Waals surface area contributed by atoms with Crippen LogP contribution < -0.4 is 0 Å². The van der Waals surface area contributed by atoms with Crippen molar-refractivity contribution in [2.75, 3.05) is 39.5 Å². The number of carbonyl (C=O) groups is 4. The SMILES string of the molecule is CCCCCCCCCCCCC(CCOC(=O)CCCCC(COC(=O)CCCCCCC)COC(=O)CCCCCCC)OC(=O)CCCCCN(CC)CC. The zero-order chi connectivity index (χ0) is 42.7. The van der Waals surface area contributed by atoms with Gasteiger partial charge in [-0.3, -0.25) is 19.2 Å². The first-order valence-corrected chi connectivity index (χ1v) is 24.7. The van der Waals surface area contributed by atoms with E-state index in [0.717, 1.165) is 116 Å². The van der Waals surface area contributed by atoms with Crippen molar-refractivity contribution in [1.29, 1.82) is 0 Å². The third kappa shape index (κ3) is 38.1. The molecule has 342 valence electrons. The van der Waals surface area contributed by atoms with Crippen LogP contribution in [-0.4, -0.2) is 74.3 Å². The van der Waals surface area contributed by atoms with E-state index in [1.54, 1.807) is 0 Å². The Labute approximate surface area is 357 Å². The van der Waals surface area contributed by atoms with Crippen molar-refractivity contribution in [3.8, 4) is 0 Å². The van der Waals surface area contributed by atoms with Crippen molar-refractivity contribution >= 4 is 23.9 Å². The summed E-state index contributed by atoms with van der Waals surface area (Å²) in [5.74, 6) is -0.896. The van der Waals surface area contributed by atoms with Crippen molar-refractivity contribution in [2.45, 2.75) is 246 Å². The molecule has 0 aliphatic heterocycles. The van der Waals surface area contributed by atoms with Gasteiger partial charge in [-0.15, -0.1) is 0 Å². The second kappa shape index (κ2) is 42.9. The number of carbonyl (C=O) groups excluding carboxylic acids is 4. The van der Waals surface area contributed by atoms with E-state index < -0.39 is 0 Å². The summed E-state index contributed by atoms with van der Waals surface area (Å²) in [5.41, 5.74) is 0. The van der Waals surface area contributed by atoms with Gasteiger partial charge in [-0.05, 0) is 71.0 Å². The first-order chi connectivity index (χ1) is 28.3. The molecule has 9 heteroatoms. The molecule has 0 bridgehead atoms. The minimum Gasteiger partial charge on any atom is -0.466 e. The second-order valence-electron chi connectivity index (χ2n) is 16.7. The molecular formula is C49H93NO8. The van der Waals surface area contributed by atoms with E-state index >= 15 is 0 Å². The largest absolute Gasteiger partial charge is 0.466 e. The van der Waals surface area contributed by atoms with Crippen molar-refractivity contribution < 1.29 is 38.1 Å². The summed E-state index contributed by atoms with van der Waals surface area (Å²) < 4.78 is 22.8. The van der Waals surface area contributed by atoms with Gasteiger partial charge in [0.05, 0.1) is 19.8 Å². The van der Waals surface area contributed by atoms with Crippen molar-refractivity contribution in [3.05, 3.63) is 0 Å². The molecule has 0 radical (unpaired) electrons. The van der Waals surface area contributed by atoms with Gasteiger partial charge in [0.15, 0.2) is 0 Å². The lowest BCUT2D eigenvalue weighted by molar-refractivity contribution is -0.152. The van der Waals surface area contributed by atoms with Crippen LogP contribution in [-0.2, 0) is 38.1 Å². The standard InChI is InChI=1S/C49H93NO8/c1-6-11-14-17-18-19-20-21-24-26-34-45(58-49(54)38-29-25-32-40-50(9-4)10-5)39-41-55-46(51)37-31-30-33-44(42-56-47(52)35-27-22-15-12-7-2)43-57-48(53)36-28-23-16-13-8-3/h44-45H,6-43H2,1-5H3. The Bertz CT molecular complexity index is 925. The average Bonchev–Trinajstić information content (AvgIpc) is 3.21. The number of nitrogens with zero attached hydrogens (tertiary/aromatic N) is 1. The van der Waals surface area contributed by atoms with Gasteiger partial charge in [0, 0.05) is 38.0 Å². The highest BCUT2D eigenvalue weighted by Crippen LogP contribution is 2.18. The first-order valence-electron chi connectivity index (χ1n) is 24.7. The molecule has 0 N–H and O–H groups in total. The van der Waals surface area contributed by atoms with Crippen molar-refractivity contribution in [3.63, 3.8) is 0 Å². The third-order valence-electron chi connectivity index (χ3n) is 11.3. The number of rotatable bonds is 44. The van der Waals surface area contributed by atoms with Gasteiger partial charge in [-0.1, -0.05) is 157 Å². The van der Waals surface area contributed by atoms with Gasteiger partial charge in [0.2, 0.25) is 0 Å². The lowest BCUT2D eigenvalue weighted by Gasteiger charge is -2.19. The number of hydrogen-bond donors (Lipinski definition) is 0. The van der Waals surface area contributed by atoms with Crippen LogP contribution in [0.3, 0.4) is 0 Å². The van der Waals surface area contributed by atoms with Crippen molar-refractivity contribution in [2.24, 2.45) is 5.92 Å². The zero-order valence-electron chi connectivity index (χ0n) is 38.7. The lowest BCUT2D eigenvalue weighted by atomic mass is 10.0. The smallest absolute Gasteiger partial charge is 0.306 e. The molecule has 0 heterocycles. The van der Waals surface area contributed by atoms with Crippen molar-refractivity contribution in [1.82, 2.24) is 4.90 Å². The van der Waals surface area contributed by atoms with Gasteiger partial charge >= 0.3 is 23.9 Å². The summed E-state index contributed by atoms with van der Waals surface area (Å²) >= 11 is 0. The molecule has 0 spiro atoms. The number of unbranched alkanes of at least 4 members (excludes halogenated alkanes) is 20. The monoisotopic (exact) mass is 824 g/mol. The molecule has 0 aliphatic rings. The topological polar surface area (TPSA) is 108 Å². The van der Waals surface area contributed by atoms with E-state index in [4.69, 9.17) is 18.9 Å². The fourth-order valence-electron chi connectivity index (χ4n) is 7.29. The van der Waals surface area contributed by atoms with Crippen LogP contribution >= 0.6 is 0 Å². The van der Waals surface area contributed by atoms with E-state index in [2.05, 4.69) is 39.5 Å².